The van der Waals surface area contributed by atoms with Crippen molar-refractivity contribution in [3.05, 3.63) is 48.0 Å². The molecule has 2 aliphatic rings. The highest BCUT2D eigenvalue weighted by Crippen LogP contribution is 2.29. The van der Waals surface area contributed by atoms with Crippen LogP contribution in [-0.2, 0) is 4.79 Å². The maximum Gasteiger partial charge on any atom is 0.241 e. The molecule has 0 bridgehead atoms. The van der Waals surface area contributed by atoms with E-state index in [0.717, 1.165) is 32.4 Å². The lowest BCUT2D eigenvalue weighted by Crippen LogP contribution is -2.45. The first-order valence-corrected chi connectivity index (χ1v) is 9.10. The highest BCUT2D eigenvalue weighted by molar-refractivity contribution is 5.87. The molecule has 4 heteroatoms. The van der Waals surface area contributed by atoms with Crippen molar-refractivity contribution in [2.45, 2.75) is 44.2 Å². The van der Waals surface area contributed by atoms with Crippen molar-refractivity contribution in [2.75, 3.05) is 13.1 Å². The molecule has 2 N–H and O–H groups in total. The summed E-state index contributed by atoms with van der Waals surface area (Å²) in [6.07, 6.45) is 5.58. The summed E-state index contributed by atoms with van der Waals surface area (Å²) in [4.78, 5) is 14.9. The molecule has 0 radical (unpaired) electrons. The zero-order valence-electron chi connectivity index (χ0n) is 14.0. The van der Waals surface area contributed by atoms with Gasteiger partial charge in [-0.05, 0) is 35.6 Å². The smallest absolute Gasteiger partial charge is 0.241 e. The Morgan fingerprint density at radius 1 is 0.917 bits per heavy atom. The number of nitrogens with one attached hydrogen (secondary N) is 2. The second-order valence-corrected chi connectivity index (χ2v) is 6.94. The molecule has 4 rings (SSSR count). The molecule has 2 atom stereocenters. The van der Waals surface area contributed by atoms with Gasteiger partial charge in [0.1, 0.15) is 6.04 Å². The van der Waals surface area contributed by atoms with Crippen molar-refractivity contribution in [2.24, 2.45) is 0 Å². The van der Waals surface area contributed by atoms with Gasteiger partial charge in [0.2, 0.25) is 5.91 Å². The van der Waals surface area contributed by atoms with Gasteiger partial charge in [0.15, 0.2) is 0 Å². The third-order valence-corrected chi connectivity index (χ3v) is 5.32. The van der Waals surface area contributed by atoms with E-state index in [2.05, 4.69) is 58.2 Å². The van der Waals surface area contributed by atoms with Crippen LogP contribution in [0.2, 0.25) is 0 Å². The van der Waals surface area contributed by atoms with Crippen LogP contribution in [0.5, 0.6) is 0 Å². The van der Waals surface area contributed by atoms with Crippen molar-refractivity contribution in [1.29, 1.82) is 0 Å². The molecule has 4 nitrogen and oxygen atoms in total. The lowest BCUT2D eigenvalue weighted by Gasteiger charge is -2.23. The summed E-state index contributed by atoms with van der Waals surface area (Å²) in [5, 5.41) is 2.52. The van der Waals surface area contributed by atoms with E-state index in [0.29, 0.717) is 0 Å². The number of likely N-dealkylation sites (tertiary alicyclic amines) is 1. The summed E-state index contributed by atoms with van der Waals surface area (Å²) in [6.45, 7) is 1.83. The monoisotopic (exact) mass is 323 g/mol. The Bertz CT molecular complexity index is 716. The minimum atomic E-state index is -0.118. The van der Waals surface area contributed by atoms with E-state index in [1.807, 2.05) is 0 Å². The number of nitrogens with zero attached hydrogens (tertiary/aromatic N) is 1. The van der Waals surface area contributed by atoms with E-state index < -0.39 is 0 Å². The average molecular weight is 323 g/mol. The summed E-state index contributed by atoms with van der Waals surface area (Å²) in [5.74, 6) is 0.257. The van der Waals surface area contributed by atoms with E-state index in [9.17, 15) is 4.79 Å². The lowest BCUT2D eigenvalue weighted by molar-refractivity contribution is -0.133. The third-order valence-electron chi connectivity index (χ3n) is 5.32. The molecule has 126 valence electrons. The van der Waals surface area contributed by atoms with Gasteiger partial charge < -0.3 is 4.90 Å². The maximum absolute atomic E-state index is 12.8. The predicted molar refractivity (Wildman–Crippen MR) is 96.4 cm³/mol. The Morgan fingerprint density at radius 2 is 1.67 bits per heavy atom. The number of carbonyl (C=O) groups excluding carboxylic acids is 1. The number of hydrogen-bond donors (Lipinski definition) is 2. The number of hydrazine groups is 1. The van der Waals surface area contributed by atoms with E-state index >= 15 is 0 Å². The predicted octanol–water partition coefficient (Wildman–Crippen LogP) is 3.15. The minimum absolute atomic E-state index is 0.118. The fourth-order valence-corrected chi connectivity index (χ4v) is 3.99. The van der Waals surface area contributed by atoms with Crippen LogP contribution < -0.4 is 10.9 Å². The van der Waals surface area contributed by atoms with Crippen molar-refractivity contribution < 1.29 is 4.79 Å². The number of carbonyl (C=O) groups is 1. The first kappa shape index (κ1) is 15.6. The highest BCUT2D eigenvalue weighted by atomic mass is 16.2. The molecule has 2 fully saturated rings. The maximum atomic E-state index is 12.8. The molecule has 2 saturated heterocycles. The Kier molecular flexibility index (Phi) is 4.50. The Balaban J connectivity index is 1.50. The zero-order valence-corrected chi connectivity index (χ0v) is 14.0. The van der Waals surface area contributed by atoms with Gasteiger partial charge in [-0.3, -0.25) is 4.79 Å². The van der Waals surface area contributed by atoms with E-state index in [4.69, 9.17) is 0 Å². The molecule has 2 heterocycles. The second-order valence-electron chi connectivity index (χ2n) is 6.94. The van der Waals surface area contributed by atoms with Crippen LogP contribution in [-0.4, -0.2) is 29.9 Å². The lowest BCUT2D eigenvalue weighted by atomic mass is 9.96. The van der Waals surface area contributed by atoms with E-state index in [-0.39, 0.29) is 18.0 Å². The molecule has 2 aliphatic heterocycles. The molecule has 0 aromatic heterocycles. The van der Waals surface area contributed by atoms with Crippen LogP contribution in [0.25, 0.3) is 10.8 Å². The molecule has 0 aliphatic carbocycles. The first-order chi connectivity index (χ1) is 11.8. The molecule has 1 amide bonds. The van der Waals surface area contributed by atoms with Gasteiger partial charge in [0.25, 0.3) is 0 Å². The topological polar surface area (TPSA) is 44.4 Å². The van der Waals surface area contributed by atoms with Gasteiger partial charge in [0, 0.05) is 19.1 Å². The number of hydrogen-bond acceptors (Lipinski definition) is 3. The van der Waals surface area contributed by atoms with Crippen molar-refractivity contribution >= 4 is 16.7 Å². The third kappa shape index (κ3) is 3.04. The van der Waals surface area contributed by atoms with Crippen molar-refractivity contribution in [3.8, 4) is 0 Å². The van der Waals surface area contributed by atoms with Crippen LogP contribution in [0, 0.1) is 0 Å². The van der Waals surface area contributed by atoms with Gasteiger partial charge >= 0.3 is 0 Å². The van der Waals surface area contributed by atoms with Crippen LogP contribution in [0.3, 0.4) is 0 Å². The molecule has 2 unspecified atom stereocenters. The van der Waals surface area contributed by atoms with Crippen molar-refractivity contribution in [3.63, 3.8) is 0 Å². The highest BCUT2D eigenvalue weighted by Gasteiger charge is 2.33. The Labute approximate surface area is 143 Å². The number of fused-ring (bicyclic) bond motifs is 1. The van der Waals surface area contributed by atoms with E-state index in [1.54, 1.807) is 0 Å². The molecular weight excluding hydrogens is 298 g/mol. The SMILES string of the molecule is O=C(C1CC(c2cccc3ccccc23)NN1)N1CCCCCC1. The van der Waals surface area contributed by atoms with Crippen LogP contribution in [0.1, 0.15) is 43.7 Å². The molecule has 0 saturated carbocycles. The van der Waals surface area contributed by atoms with Crippen LogP contribution in [0.15, 0.2) is 42.5 Å². The quantitative estimate of drug-likeness (QED) is 0.892. The first-order valence-electron chi connectivity index (χ1n) is 9.10. The summed E-state index contributed by atoms with van der Waals surface area (Å²) >= 11 is 0. The van der Waals surface area contributed by atoms with Gasteiger partial charge in [-0.25, -0.2) is 10.9 Å². The number of amides is 1. The average Bonchev–Trinajstić information content (AvgIpc) is 2.95. The van der Waals surface area contributed by atoms with Gasteiger partial charge in [-0.15, -0.1) is 0 Å². The normalized spacial score (nSPS) is 24.9. The largest absolute Gasteiger partial charge is 0.341 e. The molecular formula is C20H25N3O. The Morgan fingerprint density at radius 3 is 2.50 bits per heavy atom. The summed E-state index contributed by atoms with van der Waals surface area (Å²) in [7, 11) is 0. The minimum Gasteiger partial charge on any atom is -0.341 e. The van der Waals surface area contributed by atoms with Crippen LogP contribution in [0.4, 0.5) is 0 Å². The zero-order chi connectivity index (χ0) is 16.4. The van der Waals surface area contributed by atoms with E-state index in [1.165, 1.54) is 29.2 Å². The standard InChI is InChI=1S/C20H25N3O/c24-20(23-12-5-1-2-6-13-23)19-14-18(21-22-19)17-11-7-9-15-8-3-4-10-16(15)17/h3-4,7-11,18-19,21-22H,1-2,5-6,12-14H2. The van der Waals surface area contributed by atoms with Gasteiger partial charge in [-0.2, -0.15) is 0 Å². The number of benzene rings is 2. The fourth-order valence-electron chi connectivity index (χ4n) is 3.99. The van der Waals surface area contributed by atoms with Crippen LogP contribution >= 0.6 is 0 Å². The van der Waals surface area contributed by atoms with Gasteiger partial charge in [-0.1, -0.05) is 55.3 Å². The van der Waals surface area contributed by atoms with Crippen molar-refractivity contribution in [1.82, 2.24) is 15.8 Å². The Hall–Kier alpha value is -1.91. The molecule has 0 spiro atoms. The molecule has 2 aromatic carbocycles. The summed E-state index contributed by atoms with van der Waals surface area (Å²) in [5.41, 5.74) is 7.87. The van der Waals surface area contributed by atoms with Gasteiger partial charge in [0.05, 0.1) is 0 Å². The number of rotatable bonds is 2. The second kappa shape index (κ2) is 6.91. The fraction of sp³-hybridized carbons (Fsp3) is 0.450. The molecule has 24 heavy (non-hydrogen) atoms. The molecule has 2 aromatic rings. The summed E-state index contributed by atoms with van der Waals surface area (Å²) < 4.78 is 0. The summed E-state index contributed by atoms with van der Waals surface area (Å²) in [6, 6.07) is 14.9.